The topological polar surface area (TPSA) is 104 Å². The summed E-state index contributed by atoms with van der Waals surface area (Å²) in [6.45, 7) is 1.69. The first-order valence-electron chi connectivity index (χ1n) is 9.04. The minimum Gasteiger partial charge on any atom is -0.481 e. The van der Waals surface area contributed by atoms with Crippen LogP contribution in [-0.2, 0) is 4.79 Å². The molecule has 1 saturated carbocycles. The zero-order valence-corrected chi connectivity index (χ0v) is 15.9. The van der Waals surface area contributed by atoms with Crippen molar-refractivity contribution in [3.8, 4) is 11.4 Å². The highest BCUT2D eigenvalue weighted by molar-refractivity contribution is 6.31. The van der Waals surface area contributed by atoms with E-state index in [2.05, 4.69) is 25.3 Å². The lowest BCUT2D eigenvalue weighted by atomic mass is 9.71. The van der Waals surface area contributed by atoms with Crippen molar-refractivity contribution >= 4 is 34.4 Å². The largest absolute Gasteiger partial charge is 0.481 e. The summed E-state index contributed by atoms with van der Waals surface area (Å²) >= 11 is 6.04. The molecule has 0 aliphatic heterocycles. The predicted molar refractivity (Wildman–Crippen MR) is 104 cm³/mol. The van der Waals surface area contributed by atoms with E-state index in [9.17, 15) is 14.3 Å². The molecule has 0 spiro atoms. The highest BCUT2D eigenvalue weighted by Crippen LogP contribution is 2.38. The number of nitrogens with one attached hydrogen (secondary N) is 2. The van der Waals surface area contributed by atoms with E-state index < -0.39 is 23.2 Å². The molecule has 28 heavy (non-hydrogen) atoms. The van der Waals surface area contributed by atoms with Crippen molar-refractivity contribution < 1.29 is 14.3 Å². The van der Waals surface area contributed by atoms with E-state index in [0.717, 1.165) is 24.4 Å². The molecule has 3 aromatic heterocycles. The van der Waals surface area contributed by atoms with Crippen LogP contribution >= 0.6 is 11.6 Å². The van der Waals surface area contributed by atoms with Gasteiger partial charge < -0.3 is 15.4 Å². The zero-order chi connectivity index (χ0) is 19.9. The van der Waals surface area contributed by atoms with Crippen LogP contribution in [0, 0.1) is 11.2 Å². The van der Waals surface area contributed by atoms with Gasteiger partial charge in [0.15, 0.2) is 17.5 Å². The molecule has 0 saturated heterocycles. The van der Waals surface area contributed by atoms with Gasteiger partial charge >= 0.3 is 5.97 Å². The third-order valence-corrected chi connectivity index (χ3v) is 5.70. The van der Waals surface area contributed by atoms with Gasteiger partial charge in [0.25, 0.3) is 0 Å². The van der Waals surface area contributed by atoms with Gasteiger partial charge in [-0.05, 0) is 25.8 Å². The number of pyridine rings is 1. The van der Waals surface area contributed by atoms with Crippen molar-refractivity contribution in [2.75, 3.05) is 5.32 Å². The number of fused-ring (bicyclic) bond motifs is 1. The molecule has 0 unspecified atom stereocenters. The number of nitrogens with zero attached hydrogens (tertiary/aromatic N) is 3. The summed E-state index contributed by atoms with van der Waals surface area (Å²) in [5.41, 5.74) is 0.277. The van der Waals surface area contributed by atoms with Crippen LogP contribution in [0.4, 0.5) is 10.2 Å². The van der Waals surface area contributed by atoms with Crippen molar-refractivity contribution in [1.29, 1.82) is 0 Å². The lowest BCUT2D eigenvalue weighted by Crippen LogP contribution is -2.47. The molecule has 1 aliphatic carbocycles. The molecular weight excluding hydrogens is 385 g/mol. The number of aromatic amines is 1. The summed E-state index contributed by atoms with van der Waals surface area (Å²) in [7, 11) is 0. The first-order chi connectivity index (χ1) is 13.4. The minimum atomic E-state index is -0.978. The number of aliphatic carboxylic acids is 1. The van der Waals surface area contributed by atoms with E-state index in [0.29, 0.717) is 34.9 Å². The Hall–Kier alpha value is -2.74. The average molecular weight is 404 g/mol. The monoisotopic (exact) mass is 403 g/mol. The lowest BCUT2D eigenvalue weighted by Gasteiger charge is -2.38. The Bertz CT molecular complexity index is 1060. The van der Waals surface area contributed by atoms with Gasteiger partial charge in [-0.15, -0.1) is 0 Å². The predicted octanol–water partition coefficient (Wildman–Crippen LogP) is 4.26. The fraction of sp³-hybridized carbons (Fsp3) is 0.368. The maximum Gasteiger partial charge on any atom is 0.311 e. The fourth-order valence-corrected chi connectivity index (χ4v) is 3.90. The summed E-state index contributed by atoms with van der Waals surface area (Å²) in [5, 5.41) is 13.9. The number of H-pyrrole nitrogens is 1. The molecule has 4 rings (SSSR count). The van der Waals surface area contributed by atoms with Crippen LogP contribution < -0.4 is 5.32 Å². The number of carboxylic acids is 1. The highest BCUT2D eigenvalue weighted by atomic mass is 35.5. The van der Waals surface area contributed by atoms with E-state index >= 15 is 0 Å². The number of carbonyl (C=O) groups is 1. The number of aromatic nitrogens is 4. The first-order valence-corrected chi connectivity index (χ1v) is 9.42. The van der Waals surface area contributed by atoms with Crippen LogP contribution in [-0.4, -0.2) is 37.1 Å². The zero-order valence-electron chi connectivity index (χ0n) is 15.2. The summed E-state index contributed by atoms with van der Waals surface area (Å²) in [5.74, 6) is -1.23. The molecule has 0 amide bonds. The SMILES string of the molecule is C[C@@]1(C(=O)O)CCCC[C@H]1Nc1nc(-c2c[nH]c3ncc(Cl)cc23)ncc1F. The van der Waals surface area contributed by atoms with Crippen LogP contribution in [0.1, 0.15) is 32.6 Å². The average Bonchev–Trinajstić information content (AvgIpc) is 3.08. The summed E-state index contributed by atoms with van der Waals surface area (Å²) in [6.07, 6.45) is 7.18. The molecule has 146 valence electrons. The number of hydrogen-bond acceptors (Lipinski definition) is 5. The van der Waals surface area contributed by atoms with Gasteiger partial charge in [0.1, 0.15) is 5.65 Å². The van der Waals surface area contributed by atoms with E-state index in [-0.39, 0.29) is 5.82 Å². The van der Waals surface area contributed by atoms with Crippen LogP contribution in [0.2, 0.25) is 5.02 Å². The van der Waals surface area contributed by atoms with Gasteiger partial charge in [0.05, 0.1) is 16.6 Å². The highest BCUT2D eigenvalue weighted by Gasteiger charge is 2.43. The molecule has 1 fully saturated rings. The summed E-state index contributed by atoms with van der Waals surface area (Å²) < 4.78 is 14.4. The molecule has 7 nitrogen and oxygen atoms in total. The second-order valence-electron chi connectivity index (χ2n) is 7.31. The van der Waals surface area contributed by atoms with Crippen molar-refractivity contribution in [2.24, 2.45) is 5.41 Å². The Morgan fingerprint density at radius 1 is 1.39 bits per heavy atom. The Labute approximate surface area is 165 Å². The molecule has 3 heterocycles. The van der Waals surface area contributed by atoms with Crippen molar-refractivity contribution in [3.05, 3.63) is 35.5 Å². The van der Waals surface area contributed by atoms with E-state index in [4.69, 9.17) is 11.6 Å². The molecule has 1 aliphatic rings. The molecule has 0 bridgehead atoms. The Morgan fingerprint density at radius 2 is 2.21 bits per heavy atom. The van der Waals surface area contributed by atoms with Crippen LogP contribution in [0.25, 0.3) is 22.4 Å². The Balaban J connectivity index is 1.71. The Kier molecular flexibility index (Phi) is 4.66. The minimum absolute atomic E-state index is 0.00582. The van der Waals surface area contributed by atoms with Gasteiger partial charge in [-0.3, -0.25) is 4.79 Å². The third kappa shape index (κ3) is 3.17. The maximum atomic E-state index is 14.4. The van der Waals surface area contributed by atoms with Gasteiger partial charge in [-0.2, -0.15) is 0 Å². The number of carboxylic acid groups (broad SMARTS) is 1. The summed E-state index contributed by atoms with van der Waals surface area (Å²) in [6, 6.07) is 1.31. The molecule has 0 aromatic carbocycles. The van der Waals surface area contributed by atoms with Crippen LogP contribution in [0.15, 0.2) is 24.7 Å². The second kappa shape index (κ2) is 7.01. The molecule has 9 heteroatoms. The molecule has 3 aromatic rings. The van der Waals surface area contributed by atoms with Crippen molar-refractivity contribution in [3.63, 3.8) is 0 Å². The van der Waals surface area contributed by atoms with Crippen molar-refractivity contribution in [2.45, 2.75) is 38.6 Å². The first kappa shape index (κ1) is 18.6. The van der Waals surface area contributed by atoms with E-state index in [1.807, 2.05) is 0 Å². The standard InChI is InChI=1S/C19H19ClFN5O2/c1-19(18(27)28)5-3-2-4-14(19)25-17-13(21)9-24-16(26-17)12-8-23-15-11(12)6-10(20)7-22-15/h6-9,14H,2-5H2,1H3,(H,22,23)(H,27,28)(H,24,25,26)/t14-,19-/m1/s1. The molecule has 2 atom stereocenters. The lowest BCUT2D eigenvalue weighted by molar-refractivity contribution is -0.150. The van der Waals surface area contributed by atoms with E-state index in [1.165, 1.54) is 6.20 Å². The quantitative estimate of drug-likeness (QED) is 0.601. The van der Waals surface area contributed by atoms with Crippen LogP contribution in [0.3, 0.4) is 0 Å². The summed E-state index contributed by atoms with van der Waals surface area (Å²) in [4.78, 5) is 27.4. The smallest absolute Gasteiger partial charge is 0.311 e. The normalized spacial score (nSPS) is 22.3. The number of halogens is 2. The second-order valence-corrected chi connectivity index (χ2v) is 7.74. The maximum absolute atomic E-state index is 14.4. The Morgan fingerprint density at radius 3 is 3.00 bits per heavy atom. The number of rotatable bonds is 4. The van der Waals surface area contributed by atoms with Gasteiger partial charge in [-0.25, -0.2) is 19.3 Å². The van der Waals surface area contributed by atoms with Gasteiger partial charge in [-0.1, -0.05) is 24.4 Å². The fourth-order valence-electron chi connectivity index (χ4n) is 3.75. The van der Waals surface area contributed by atoms with Gasteiger partial charge in [0.2, 0.25) is 0 Å². The third-order valence-electron chi connectivity index (χ3n) is 5.49. The van der Waals surface area contributed by atoms with Gasteiger partial charge in [0, 0.05) is 29.4 Å². The molecular formula is C19H19ClFN5O2. The van der Waals surface area contributed by atoms with Crippen molar-refractivity contribution in [1.82, 2.24) is 19.9 Å². The molecule has 3 N–H and O–H groups in total. The number of anilines is 1. The van der Waals surface area contributed by atoms with Crippen LogP contribution in [0.5, 0.6) is 0 Å². The number of hydrogen-bond donors (Lipinski definition) is 3. The molecule has 0 radical (unpaired) electrons. The van der Waals surface area contributed by atoms with E-state index in [1.54, 1.807) is 19.2 Å².